The number of carbonyl (C=O) groups excluding carboxylic acids is 2. The smallest absolute Gasteiger partial charge is 0.151 e. The van der Waals surface area contributed by atoms with Gasteiger partial charge in [0.05, 0.1) is 5.69 Å². The van der Waals surface area contributed by atoms with E-state index in [2.05, 4.69) is 4.98 Å². The summed E-state index contributed by atoms with van der Waals surface area (Å²) in [5, 5.41) is 0. The number of pyridine rings is 1. The first-order valence-electron chi connectivity index (χ1n) is 4.80. The quantitative estimate of drug-likeness (QED) is 0.732. The Morgan fingerprint density at radius 2 is 1.75 bits per heavy atom. The fraction of sp³-hybridized carbons (Fsp3) is 0. The maximum atomic E-state index is 10.6. The molecule has 0 bridgehead atoms. The van der Waals surface area contributed by atoms with E-state index >= 15 is 0 Å². The zero-order valence-electron chi connectivity index (χ0n) is 8.46. The van der Waals surface area contributed by atoms with Crippen LogP contribution in [0.2, 0.25) is 0 Å². The van der Waals surface area contributed by atoms with E-state index in [4.69, 9.17) is 0 Å². The summed E-state index contributed by atoms with van der Waals surface area (Å²) >= 11 is 0. The highest BCUT2D eigenvalue weighted by Gasteiger charge is 2.00. The Hall–Kier alpha value is -2.29. The van der Waals surface area contributed by atoms with Gasteiger partial charge >= 0.3 is 0 Å². The van der Waals surface area contributed by atoms with Gasteiger partial charge in [0.25, 0.3) is 0 Å². The lowest BCUT2D eigenvalue weighted by atomic mass is 10.1. The number of rotatable bonds is 3. The van der Waals surface area contributed by atoms with Crippen LogP contribution in [0.15, 0.2) is 42.6 Å². The maximum Gasteiger partial charge on any atom is 0.151 e. The van der Waals surface area contributed by atoms with Crippen molar-refractivity contribution in [2.75, 3.05) is 0 Å². The molecule has 0 radical (unpaired) electrons. The van der Waals surface area contributed by atoms with Gasteiger partial charge in [-0.2, -0.15) is 0 Å². The molecule has 3 nitrogen and oxygen atoms in total. The minimum atomic E-state index is 0.537. The van der Waals surface area contributed by atoms with Crippen LogP contribution in [0.4, 0.5) is 0 Å². The molecule has 2 rings (SSSR count). The van der Waals surface area contributed by atoms with Crippen LogP contribution in [0, 0.1) is 0 Å². The Morgan fingerprint density at radius 3 is 2.38 bits per heavy atom. The zero-order chi connectivity index (χ0) is 11.4. The molecule has 1 aromatic heterocycles. The Bertz CT molecular complexity index is 518. The molecule has 3 heteroatoms. The van der Waals surface area contributed by atoms with E-state index in [0.29, 0.717) is 11.1 Å². The highest BCUT2D eigenvalue weighted by Crippen LogP contribution is 2.17. The van der Waals surface area contributed by atoms with Gasteiger partial charge in [-0.1, -0.05) is 18.2 Å². The number of aromatic nitrogens is 1. The molecule has 0 aliphatic carbocycles. The van der Waals surface area contributed by atoms with E-state index < -0.39 is 0 Å². The van der Waals surface area contributed by atoms with Crippen molar-refractivity contribution in [3.8, 4) is 11.3 Å². The molecule has 0 saturated carbocycles. The number of hydrogen-bond acceptors (Lipinski definition) is 3. The van der Waals surface area contributed by atoms with Crippen molar-refractivity contribution in [3.05, 3.63) is 53.7 Å². The van der Waals surface area contributed by atoms with E-state index in [-0.39, 0.29) is 0 Å². The van der Waals surface area contributed by atoms with Crippen LogP contribution in [0.25, 0.3) is 11.3 Å². The molecular weight excluding hydrogens is 202 g/mol. The summed E-state index contributed by atoms with van der Waals surface area (Å²) in [6.45, 7) is 0. The maximum absolute atomic E-state index is 10.6. The Labute approximate surface area is 92.8 Å². The van der Waals surface area contributed by atoms with Gasteiger partial charge in [-0.05, 0) is 18.2 Å². The van der Waals surface area contributed by atoms with Gasteiger partial charge in [0, 0.05) is 22.9 Å². The largest absolute Gasteiger partial charge is 0.298 e. The topological polar surface area (TPSA) is 47.0 Å². The fourth-order valence-corrected chi connectivity index (χ4v) is 1.42. The lowest BCUT2D eigenvalue weighted by Crippen LogP contribution is -1.87. The average molecular weight is 211 g/mol. The van der Waals surface area contributed by atoms with Crippen molar-refractivity contribution in [3.63, 3.8) is 0 Å². The molecule has 0 N–H and O–H groups in total. The summed E-state index contributed by atoms with van der Waals surface area (Å²) in [6.07, 6.45) is 3.05. The van der Waals surface area contributed by atoms with E-state index in [1.54, 1.807) is 30.3 Å². The molecule has 0 aliphatic heterocycles. The van der Waals surface area contributed by atoms with Crippen molar-refractivity contribution in [2.24, 2.45) is 0 Å². The average Bonchev–Trinajstić information content (AvgIpc) is 2.39. The van der Waals surface area contributed by atoms with Crippen molar-refractivity contribution in [1.29, 1.82) is 0 Å². The molecule has 0 aliphatic rings. The normalized spacial score (nSPS) is 9.75. The van der Waals surface area contributed by atoms with Crippen LogP contribution < -0.4 is 0 Å². The minimum absolute atomic E-state index is 0.537. The highest BCUT2D eigenvalue weighted by molar-refractivity contribution is 5.79. The fourth-order valence-electron chi connectivity index (χ4n) is 1.42. The highest BCUT2D eigenvalue weighted by atomic mass is 16.1. The molecule has 0 saturated heterocycles. The van der Waals surface area contributed by atoms with Crippen molar-refractivity contribution in [2.45, 2.75) is 0 Å². The van der Waals surface area contributed by atoms with Crippen LogP contribution in [-0.2, 0) is 0 Å². The lowest BCUT2D eigenvalue weighted by Gasteiger charge is -2.01. The second-order valence-electron chi connectivity index (χ2n) is 3.34. The molecule has 0 fully saturated rings. The number of carbonyl (C=O) groups is 2. The van der Waals surface area contributed by atoms with Crippen LogP contribution in [0.3, 0.4) is 0 Å². The van der Waals surface area contributed by atoms with Crippen molar-refractivity contribution < 1.29 is 9.59 Å². The summed E-state index contributed by atoms with van der Waals surface area (Å²) in [7, 11) is 0. The summed E-state index contributed by atoms with van der Waals surface area (Å²) < 4.78 is 0. The first-order valence-corrected chi connectivity index (χ1v) is 4.80. The predicted molar refractivity (Wildman–Crippen MR) is 60.4 cm³/mol. The summed E-state index contributed by atoms with van der Waals surface area (Å²) in [4.78, 5) is 25.2. The van der Waals surface area contributed by atoms with E-state index in [0.717, 1.165) is 23.8 Å². The molecule has 0 amide bonds. The molecule has 2 aromatic rings. The van der Waals surface area contributed by atoms with Gasteiger partial charge in [0.2, 0.25) is 0 Å². The number of benzene rings is 1. The molecule has 16 heavy (non-hydrogen) atoms. The second kappa shape index (κ2) is 4.49. The van der Waals surface area contributed by atoms with Crippen LogP contribution >= 0.6 is 0 Å². The summed E-state index contributed by atoms with van der Waals surface area (Å²) in [5.41, 5.74) is 2.76. The molecule has 1 heterocycles. The predicted octanol–water partition coefficient (Wildman–Crippen LogP) is 2.37. The van der Waals surface area contributed by atoms with E-state index in [1.807, 2.05) is 6.07 Å². The van der Waals surface area contributed by atoms with Gasteiger partial charge in [-0.15, -0.1) is 0 Å². The SMILES string of the molecule is O=Cc1ccc(-c2cccc(C=O)c2)nc1. The van der Waals surface area contributed by atoms with Gasteiger partial charge in [-0.25, -0.2) is 0 Å². The first kappa shape index (κ1) is 10.2. The van der Waals surface area contributed by atoms with Gasteiger partial charge in [0.15, 0.2) is 6.29 Å². The number of hydrogen-bond donors (Lipinski definition) is 0. The molecule has 1 aromatic carbocycles. The Morgan fingerprint density at radius 1 is 0.938 bits per heavy atom. The molecule has 0 unspecified atom stereocenters. The second-order valence-corrected chi connectivity index (χ2v) is 3.34. The summed E-state index contributed by atoms with van der Waals surface area (Å²) in [5.74, 6) is 0. The van der Waals surface area contributed by atoms with Crippen LogP contribution in [0.1, 0.15) is 20.7 Å². The van der Waals surface area contributed by atoms with E-state index in [1.165, 1.54) is 6.20 Å². The Balaban J connectivity index is 2.41. The number of nitrogens with zero attached hydrogens (tertiary/aromatic N) is 1. The van der Waals surface area contributed by atoms with Crippen LogP contribution in [-0.4, -0.2) is 17.6 Å². The number of aldehydes is 2. The van der Waals surface area contributed by atoms with Gasteiger partial charge in [-0.3, -0.25) is 14.6 Å². The summed E-state index contributed by atoms with van der Waals surface area (Å²) in [6, 6.07) is 10.6. The molecule has 78 valence electrons. The van der Waals surface area contributed by atoms with Gasteiger partial charge in [0.1, 0.15) is 6.29 Å². The minimum Gasteiger partial charge on any atom is -0.298 e. The third-order valence-corrected chi connectivity index (χ3v) is 2.24. The molecule has 0 spiro atoms. The molecular formula is C13H9NO2. The van der Waals surface area contributed by atoms with Crippen molar-refractivity contribution in [1.82, 2.24) is 4.98 Å². The lowest BCUT2D eigenvalue weighted by molar-refractivity contribution is 0.111. The first-order chi connectivity index (χ1) is 7.83. The van der Waals surface area contributed by atoms with Gasteiger partial charge < -0.3 is 0 Å². The Kier molecular flexibility index (Phi) is 2.87. The van der Waals surface area contributed by atoms with Crippen LogP contribution in [0.5, 0.6) is 0 Å². The standard InChI is InChI=1S/C13H9NO2/c15-8-10-2-1-3-12(6-10)13-5-4-11(9-16)7-14-13/h1-9H. The zero-order valence-corrected chi connectivity index (χ0v) is 8.46. The van der Waals surface area contributed by atoms with E-state index in [9.17, 15) is 9.59 Å². The monoisotopic (exact) mass is 211 g/mol. The third-order valence-electron chi connectivity index (χ3n) is 2.24. The molecule has 0 atom stereocenters. The van der Waals surface area contributed by atoms with Crippen molar-refractivity contribution >= 4 is 12.6 Å². The third kappa shape index (κ3) is 2.03.